The molecule has 0 amide bonds. The van der Waals surface area contributed by atoms with Crippen LogP contribution in [0.2, 0.25) is 0 Å². The van der Waals surface area contributed by atoms with Crippen molar-refractivity contribution in [1.29, 1.82) is 0 Å². The summed E-state index contributed by atoms with van der Waals surface area (Å²) in [6.07, 6.45) is 1.05. The van der Waals surface area contributed by atoms with Gasteiger partial charge in [0.25, 0.3) is 0 Å². The Kier molecular flexibility index (Phi) is 3.97. The van der Waals surface area contributed by atoms with E-state index in [1.165, 1.54) is 10.6 Å². The fourth-order valence-electron chi connectivity index (χ4n) is 1.65. The van der Waals surface area contributed by atoms with Crippen LogP contribution < -0.4 is 5.32 Å². The highest BCUT2D eigenvalue weighted by atomic mass is 32.1. The lowest BCUT2D eigenvalue weighted by Crippen LogP contribution is -2.38. The fraction of sp³-hybridized carbons (Fsp3) is 0.462. The number of aromatic nitrogens is 1. The first-order chi connectivity index (χ1) is 8.14. The van der Waals surface area contributed by atoms with Gasteiger partial charge in [-0.05, 0) is 42.7 Å². The lowest BCUT2D eigenvalue weighted by molar-refractivity contribution is 0.349. The maximum atomic E-state index is 4.61. The third kappa shape index (κ3) is 2.94. The van der Waals surface area contributed by atoms with E-state index in [-0.39, 0.29) is 5.54 Å². The van der Waals surface area contributed by atoms with Crippen molar-refractivity contribution in [3.63, 3.8) is 0 Å². The average molecular weight is 266 g/mol. The number of aryl methyl sites for hydroxylation is 1. The summed E-state index contributed by atoms with van der Waals surface area (Å²) in [5.74, 6) is 0. The molecular weight excluding hydrogens is 248 g/mol. The number of thiophene rings is 1. The summed E-state index contributed by atoms with van der Waals surface area (Å²) in [5, 5.41) is 11.3. The van der Waals surface area contributed by atoms with Crippen LogP contribution in [0.1, 0.15) is 36.5 Å². The predicted octanol–water partition coefficient (Wildman–Crippen LogP) is 3.93. The zero-order chi connectivity index (χ0) is 12.3. The van der Waals surface area contributed by atoms with Crippen molar-refractivity contribution in [2.24, 2.45) is 0 Å². The summed E-state index contributed by atoms with van der Waals surface area (Å²) >= 11 is 3.49. The molecule has 0 aliphatic heterocycles. The second-order valence-electron chi connectivity index (χ2n) is 4.46. The van der Waals surface area contributed by atoms with Crippen LogP contribution >= 0.6 is 22.7 Å². The minimum atomic E-state index is -0.0130. The molecule has 0 aliphatic carbocycles. The molecule has 2 nitrogen and oxygen atoms in total. The number of rotatable bonds is 5. The first-order valence-electron chi connectivity index (χ1n) is 5.83. The minimum Gasteiger partial charge on any atom is -0.301 e. The highest BCUT2D eigenvalue weighted by Crippen LogP contribution is 2.28. The molecule has 92 valence electrons. The van der Waals surface area contributed by atoms with Gasteiger partial charge >= 0.3 is 0 Å². The number of nitrogens with one attached hydrogen (secondary N) is 1. The molecule has 17 heavy (non-hydrogen) atoms. The van der Waals surface area contributed by atoms with Crippen molar-refractivity contribution in [2.45, 2.75) is 39.3 Å². The Hall–Kier alpha value is -0.710. The second-order valence-corrected chi connectivity index (χ2v) is 6.10. The van der Waals surface area contributed by atoms with E-state index in [9.17, 15) is 0 Å². The van der Waals surface area contributed by atoms with E-state index in [2.05, 4.69) is 53.3 Å². The number of hydrogen-bond acceptors (Lipinski definition) is 4. The summed E-state index contributed by atoms with van der Waals surface area (Å²) in [4.78, 5) is 4.61. The number of nitrogens with zero attached hydrogens (tertiary/aromatic N) is 1. The third-order valence-electron chi connectivity index (χ3n) is 3.06. The van der Waals surface area contributed by atoms with Gasteiger partial charge < -0.3 is 5.32 Å². The predicted molar refractivity (Wildman–Crippen MR) is 75.7 cm³/mol. The van der Waals surface area contributed by atoms with E-state index in [1.807, 2.05) is 0 Å². The van der Waals surface area contributed by atoms with Crippen molar-refractivity contribution >= 4 is 22.7 Å². The molecule has 1 N–H and O–H groups in total. The Bertz CT molecular complexity index is 461. The molecular formula is C13H18N2S2. The van der Waals surface area contributed by atoms with Crippen molar-refractivity contribution in [2.75, 3.05) is 0 Å². The quantitative estimate of drug-likeness (QED) is 0.887. The molecule has 2 aromatic heterocycles. The average Bonchev–Trinajstić information content (AvgIpc) is 2.97. The van der Waals surface area contributed by atoms with Gasteiger partial charge in [0, 0.05) is 17.6 Å². The van der Waals surface area contributed by atoms with Gasteiger partial charge in [-0.2, -0.15) is 11.3 Å². The molecule has 2 aromatic rings. The molecule has 0 spiro atoms. The maximum Gasteiger partial charge on any atom is 0.113 e. The maximum absolute atomic E-state index is 4.61. The Balaban J connectivity index is 2.09. The molecule has 2 rings (SSSR count). The smallest absolute Gasteiger partial charge is 0.113 e. The van der Waals surface area contributed by atoms with E-state index >= 15 is 0 Å². The van der Waals surface area contributed by atoms with Gasteiger partial charge in [0.05, 0.1) is 5.54 Å². The van der Waals surface area contributed by atoms with Gasteiger partial charge in [-0.25, -0.2) is 4.98 Å². The van der Waals surface area contributed by atoms with Crippen LogP contribution in [0.15, 0.2) is 22.2 Å². The van der Waals surface area contributed by atoms with E-state index in [0.717, 1.165) is 18.7 Å². The molecule has 4 heteroatoms. The van der Waals surface area contributed by atoms with Crippen LogP contribution in [-0.4, -0.2) is 4.98 Å². The standard InChI is InChI=1S/C13H18N2S2/c1-4-13(3,12-15-10(2)8-17-12)14-7-11-5-6-16-9-11/h5-6,8-9,14H,4,7H2,1-3H3/t13-/m0/s1. The van der Waals surface area contributed by atoms with E-state index in [0.29, 0.717) is 0 Å². The summed E-state index contributed by atoms with van der Waals surface area (Å²) in [6, 6.07) is 2.17. The zero-order valence-electron chi connectivity index (χ0n) is 10.5. The summed E-state index contributed by atoms with van der Waals surface area (Å²) in [7, 11) is 0. The highest BCUT2D eigenvalue weighted by molar-refractivity contribution is 7.09. The molecule has 1 atom stereocenters. The fourth-order valence-corrected chi connectivity index (χ4v) is 3.33. The molecule has 0 aliphatic rings. The second kappa shape index (κ2) is 5.29. The molecule has 2 heterocycles. The van der Waals surface area contributed by atoms with Crippen molar-refractivity contribution in [1.82, 2.24) is 10.3 Å². The Morgan fingerprint density at radius 3 is 2.76 bits per heavy atom. The monoisotopic (exact) mass is 266 g/mol. The molecule has 0 saturated heterocycles. The molecule has 0 aromatic carbocycles. The Morgan fingerprint density at radius 1 is 1.41 bits per heavy atom. The molecule has 0 bridgehead atoms. The zero-order valence-corrected chi connectivity index (χ0v) is 12.1. The Morgan fingerprint density at radius 2 is 2.24 bits per heavy atom. The molecule has 0 fully saturated rings. The van der Waals surface area contributed by atoms with Crippen LogP contribution in [0.4, 0.5) is 0 Å². The van der Waals surface area contributed by atoms with Gasteiger partial charge in [-0.15, -0.1) is 11.3 Å². The van der Waals surface area contributed by atoms with E-state index in [4.69, 9.17) is 0 Å². The minimum absolute atomic E-state index is 0.0130. The van der Waals surface area contributed by atoms with Crippen LogP contribution in [0.25, 0.3) is 0 Å². The van der Waals surface area contributed by atoms with Crippen LogP contribution in [0.3, 0.4) is 0 Å². The van der Waals surface area contributed by atoms with Crippen LogP contribution in [-0.2, 0) is 12.1 Å². The lowest BCUT2D eigenvalue weighted by atomic mass is 9.99. The van der Waals surface area contributed by atoms with Crippen LogP contribution in [0.5, 0.6) is 0 Å². The Labute approximate surface area is 111 Å². The highest BCUT2D eigenvalue weighted by Gasteiger charge is 2.26. The van der Waals surface area contributed by atoms with E-state index < -0.39 is 0 Å². The largest absolute Gasteiger partial charge is 0.301 e. The van der Waals surface area contributed by atoms with Crippen molar-refractivity contribution < 1.29 is 0 Å². The topological polar surface area (TPSA) is 24.9 Å². The lowest BCUT2D eigenvalue weighted by Gasteiger charge is -2.27. The van der Waals surface area contributed by atoms with E-state index in [1.54, 1.807) is 22.7 Å². The van der Waals surface area contributed by atoms with Gasteiger partial charge in [0.1, 0.15) is 5.01 Å². The summed E-state index contributed by atoms with van der Waals surface area (Å²) in [5.41, 5.74) is 2.45. The summed E-state index contributed by atoms with van der Waals surface area (Å²) < 4.78 is 0. The van der Waals surface area contributed by atoms with Crippen molar-refractivity contribution in [3.05, 3.63) is 38.5 Å². The third-order valence-corrected chi connectivity index (χ3v) is 5.02. The molecule has 0 saturated carbocycles. The first kappa shape index (κ1) is 12.7. The SMILES string of the molecule is CC[C@](C)(NCc1ccsc1)c1nc(C)cs1. The number of thiazole rings is 1. The molecule has 0 unspecified atom stereocenters. The molecule has 0 radical (unpaired) electrons. The van der Waals surface area contributed by atoms with Crippen molar-refractivity contribution in [3.8, 4) is 0 Å². The van der Waals surface area contributed by atoms with Gasteiger partial charge in [-0.3, -0.25) is 0 Å². The summed E-state index contributed by atoms with van der Waals surface area (Å²) in [6.45, 7) is 7.40. The van der Waals surface area contributed by atoms with Gasteiger partial charge in [0.15, 0.2) is 0 Å². The normalized spacial score (nSPS) is 14.8. The first-order valence-corrected chi connectivity index (χ1v) is 7.65. The van der Waals surface area contributed by atoms with Gasteiger partial charge in [-0.1, -0.05) is 6.92 Å². The van der Waals surface area contributed by atoms with Gasteiger partial charge in [0.2, 0.25) is 0 Å². The number of hydrogen-bond donors (Lipinski definition) is 1. The van der Waals surface area contributed by atoms with Crippen LogP contribution in [0, 0.1) is 6.92 Å².